The molecule has 0 atom stereocenters. The van der Waals surface area contributed by atoms with E-state index in [1.807, 2.05) is 19.9 Å². The van der Waals surface area contributed by atoms with Crippen LogP contribution in [0.4, 0.5) is 5.69 Å². The van der Waals surface area contributed by atoms with E-state index in [0.29, 0.717) is 13.1 Å². The van der Waals surface area contributed by atoms with E-state index in [4.69, 9.17) is 12.2 Å². The summed E-state index contributed by atoms with van der Waals surface area (Å²) in [5.41, 5.74) is 5.37. The molecule has 216 valence electrons. The topological polar surface area (TPSA) is 43.9 Å². The Bertz CT molecular complexity index is 1390. The first kappa shape index (κ1) is 30.7. The average Bonchev–Trinajstić information content (AvgIpc) is 3.37. The molecular weight excluding hydrogens is 547 g/mol. The van der Waals surface area contributed by atoms with Crippen molar-refractivity contribution >= 4 is 64.4 Å². The van der Waals surface area contributed by atoms with Gasteiger partial charge in [-0.2, -0.15) is 0 Å². The van der Waals surface area contributed by atoms with E-state index >= 15 is 0 Å². The second kappa shape index (κ2) is 13.1. The number of hydrogen-bond acceptors (Lipinski definition) is 5. The maximum atomic E-state index is 13.0. The molecular formula is C34H41N3O2S2. The first-order valence-electron chi connectivity index (χ1n) is 14.5. The first-order chi connectivity index (χ1) is 19.6. The van der Waals surface area contributed by atoms with E-state index in [2.05, 4.69) is 87.2 Å². The zero-order valence-electron chi connectivity index (χ0n) is 25.1. The van der Waals surface area contributed by atoms with Crippen LogP contribution < -0.4 is 4.90 Å². The SMILES string of the molecule is CCN1C(=O)C(=Cc2ccc(/C=C3C=C(/C=C/c4ccc(N(CC)CC)cc4)CC(C)(C)C\3)s2)C(=O)N(CC)C1=S. The number of hydrogen-bond donors (Lipinski definition) is 0. The van der Waals surface area contributed by atoms with Gasteiger partial charge in [0.1, 0.15) is 5.57 Å². The quantitative estimate of drug-likeness (QED) is 0.170. The number of benzene rings is 1. The van der Waals surface area contributed by atoms with E-state index in [-0.39, 0.29) is 27.9 Å². The van der Waals surface area contributed by atoms with E-state index in [9.17, 15) is 9.59 Å². The van der Waals surface area contributed by atoms with Gasteiger partial charge in [0.2, 0.25) is 0 Å². The zero-order chi connectivity index (χ0) is 29.7. The minimum absolute atomic E-state index is 0.154. The summed E-state index contributed by atoms with van der Waals surface area (Å²) < 4.78 is 0. The molecule has 0 spiro atoms. The first-order valence-corrected chi connectivity index (χ1v) is 15.7. The molecule has 0 N–H and O–H groups in total. The monoisotopic (exact) mass is 587 g/mol. The van der Waals surface area contributed by atoms with Crippen LogP contribution in [0.25, 0.3) is 18.2 Å². The largest absolute Gasteiger partial charge is 0.372 e. The Balaban J connectivity index is 1.55. The van der Waals surface area contributed by atoms with Crippen LogP contribution >= 0.6 is 23.6 Å². The van der Waals surface area contributed by atoms with Crippen molar-refractivity contribution in [2.45, 2.75) is 54.4 Å². The van der Waals surface area contributed by atoms with E-state index in [1.165, 1.54) is 32.2 Å². The minimum atomic E-state index is -0.323. The van der Waals surface area contributed by atoms with Crippen molar-refractivity contribution in [3.8, 4) is 0 Å². The van der Waals surface area contributed by atoms with E-state index in [0.717, 1.165) is 35.7 Å². The van der Waals surface area contributed by atoms with Crippen molar-refractivity contribution in [1.29, 1.82) is 0 Å². The maximum absolute atomic E-state index is 13.0. The number of thiophene rings is 1. The van der Waals surface area contributed by atoms with E-state index in [1.54, 1.807) is 17.4 Å². The molecule has 1 saturated heterocycles. The Kier molecular flexibility index (Phi) is 9.82. The van der Waals surface area contributed by atoms with Gasteiger partial charge in [0.25, 0.3) is 11.8 Å². The Labute approximate surface area is 254 Å². The molecule has 41 heavy (non-hydrogen) atoms. The van der Waals surface area contributed by atoms with Gasteiger partial charge < -0.3 is 4.90 Å². The van der Waals surface area contributed by atoms with Crippen LogP contribution in [0, 0.1) is 5.41 Å². The molecule has 1 fully saturated rings. The molecule has 7 heteroatoms. The average molecular weight is 588 g/mol. The number of carbonyl (C=O) groups is 2. The number of thiocarbonyl (C=S) groups is 1. The van der Waals surface area contributed by atoms with Gasteiger partial charge in [0.05, 0.1) is 0 Å². The lowest BCUT2D eigenvalue weighted by molar-refractivity contribution is -0.133. The smallest absolute Gasteiger partial charge is 0.265 e. The van der Waals surface area contributed by atoms with Gasteiger partial charge in [-0.3, -0.25) is 19.4 Å². The molecule has 1 aromatic heterocycles. The summed E-state index contributed by atoms with van der Waals surface area (Å²) in [6.07, 6.45) is 12.7. The number of carbonyl (C=O) groups excluding carboxylic acids is 2. The van der Waals surface area contributed by atoms with Crippen LogP contribution in [0.2, 0.25) is 0 Å². The Morgan fingerprint density at radius 1 is 0.854 bits per heavy atom. The number of rotatable bonds is 9. The Morgan fingerprint density at radius 2 is 1.44 bits per heavy atom. The highest BCUT2D eigenvalue weighted by atomic mass is 32.1. The van der Waals surface area contributed by atoms with Crippen molar-refractivity contribution in [3.05, 3.63) is 80.6 Å². The second-order valence-electron chi connectivity index (χ2n) is 11.2. The molecule has 1 aliphatic carbocycles. The van der Waals surface area contributed by atoms with Crippen LogP contribution in [0.5, 0.6) is 0 Å². The number of amides is 2. The fourth-order valence-corrected chi connectivity index (χ4v) is 6.88. The highest BCUT2D eigenvalue weighted by molar-refractivity contribution is 7.80. The number of anilines is 1. The lowest BCUT2D eigenvalue weighted by Crippen LogP contribution is -2.55. The molecule has 2 amide bonds. The van der Waals surface area contributed by atoms with Crippen molar-refractivity contribution in [1.82, 2.24) is 9.80 Å². The van der Waals surface area contributed by atoms with Gasteiger partial charge in [-0.25, -0.2) is 0 Å². The maximum Gasteiger partial charge on any atom is 0.265 e. The molecule has 0 bridgehead atoms. The number of nitrogens with zero attached hydrogens (tertiary/aromatic N) is 3. The summed E-state index contributed by atoms with van der Waals surface area (Å²) >= 11 is 6.96. The molecule has 4 rings (SSSR count). The fraction of sp³-hybridized carbons (Fsp3) is 0.382. The van der Waals surface area contributed by atoms with Crippen LogP contribution in [0.1, 0.15) is 69.7 Å². The van der Waals surface area contributed by atoms with Crippen molar-refractivity contribution in [2.24, 2.45) is 5.41 Å². The highest BCUT2D eigenvalue weighted by Gasteiger charge is 2.37. The standard InChI is InChI=1S/C34H41N3O2S2/c1-7-35(8-2)27-15-13-24(14-16-27)11-12-25-19-26(23-34(5,6)22-25)20-28-17-18-29(41-28)21-30-31(38)36(9-3)33(40)37(10-4)32(30)39/h11-21H,7-10,22-23H2,1-6H3/b12-11+,26-20+. The minimum Gasteiger partial charge on any atom is -0.372 e. The number of likely N-dealkylation sites (N-methyl/N-ethyl adjacent to an activating group) is 2. The summed E-state index contributed by atoms with van der Waals surface area (Å²) in [6, 6.07) is 12.8. The normalized spacial score (nSPS) is 18.5. The molecule has 0 unspecified atom stereocenters. The molecule has 0 radical (unpaired) electrons. The summed E-state index contributed by atoms with van der Waals surface area (Å²) in [7, 11) is 0. The third-order valence-corrected chi connectivity index (χ3v) is 8.97. The van der Waals surface area contributed by atoms with Gasteiger partial charge >= 0.3 is 0 Å². The molecule has 5 nitrogen and oxygen atoms in total. The third-order valence-electron chi connectivity index (χ3n) is 7.55. The van der Waals surface area contributed by atoms with Gasteiger partial charge in [-0.05, 0) is 111 Å². The number of allylic oxidation sites excluding steroid dienone is 4. The summed E-state index contributed by atoms with van der Waals surface area (Å²) in [5, 5.41) is 0.284. The van der Waals surface area contributed by atoms with E-state index < -0.39 is 0 Å². The predicted octanol–water partition coefficient (Wildman–Crippen LogP) is 7.82. The molecule has 0 saturated carbocycles. The summed E-state index contributed by atoms with van der Waals surface area (Å²) in [4.78, 5) is 33.3. The lowest BCUT2D eigenvalue weighted by atomic mass is 9.75. The van der Waals surface area contributed by atoms with Gasteiger partial charge in [-0.15, -0.1) is 11.3 Å². The molecule has 1 aliphatic heterocycles. The van der Waals surface area contributed by atoms with Crippen molar-refractivity contribution in [2.75, 3.05) is 31.1 Å². The second-order valence-corrected chi connectivity index (χ2v) is 12.7. The Hall–Kier alpha value is -3.29. The van der Waals surface area contributed by atoms with Crippen LogP contribution in [0.3, 0.4) is 0 Å². The summed E-state index contributed by atoms with van der Waals surface area (Å²) in [6.45, 7) is 15.6. The van der Waals surface area contributed by atoms with Gasteiger partial charge in [0, 0.05) is 41.6 Å². The lowest BCUT2D eigenvalue weighted by Gasteiger charge is -2.35. The van der Waals surface area contributed by atoms with Crippen LogP contribution in [0.15, 0.2) is 65.3 Å². The predicted molar refractivity (Wildman–Crippen MR) is 178 cm³/mol. The molecule has 2 aromatic rings. The molecule has 2 aliphatic rings. The summed E-state index contributed by atoms with van der Waals surface area (Å²) in [5.74, 6) is -0.645. The van der Waals surface area contributed by atoms with Crippen LogP contribution in [-0.4, -0.2) is 52.9 Å². The van der Waals surface area contributed by atoms with Crippen molar-refractivity contribution < 1.29 is 9.59 Å². The van der Waals surface area contributed by atoms with Crippen LogP contribution in [-0.2, 0) is 9.59 Å². The molecule has 1 aromatic carbocycles. The van der Waals surface area contributed by atoms with Crippen molar-refractivity contribution in [3.63, 3.8) is 0 Å². The zero-order valence-corrected chi connectivity index (χ0v) is 26.7. The van der Waals surface area contributed by atoms with Gasteiger partial charge in [-0.1, -0.05) is 44.2 Å². The third kappa shape index (κ3) is 7.14. The van der Waals surface area contributed by atoms with Gasteiger partial charge in [0.15, 0.2) is 5.11 Å². The molecule has 2 heterocycles. The Morgan fingerprint density at radius 3 is 2.00 bits per heavy atom. The highest BCUT2D eigenvalue weighted by Crippen LogP contribution is 2.40. The fourth-order valence-electron chi connectivity index (χ4n) is 5.53.